The van der Waals surface area contributed by atoms with Gasteiger partial charge in [-0.3, -0.25) is 9.79 Å². The number of aliphatic hydroxyl groups is 1. The molecule has 2 N–H and O–H groups in total. The van der Waals surface area contributed by atoms with E-state index in [4.69, 9.17) is 4.74 Å². The molecule has 0 bridgehead atoms. The number of methoxy groups -OCH3 is 1. The Morgan fingerprint density at radius 1 is 1.13 bits per heavy atom. The molecule has 0 aromatic heterocycles. The molecule has 0 spiro atoms. The third-order valence-corrected chi connectivity index (χ3v) is 3.08. The van der Waals surface area contributed by atoms with Crippen LogP contribution in [0.4, 0.5) is 11.4 Å². The smallest absolute Gasteiger partial charge is 0.260 e. The molecule has 0 atom stereocenters. The van der Waals surface area contributed by atoms with Crippen molar-refractivity contribution in [3.8, 4) is 5.75 Å². The van der Waals surface area contributed by atoms with Gasteiger partial charge in [-0.25, -0.2) is 0 Å². The number of nitrogens with zero attached hydrogens (tertiary/aromatic N) is 1. The molecule has 2 rings (SSSR count). The quantitative estimate of drug-likeness (QED) is 0.500. The normalized spacial score (nSPS) is 11.9. The highest BCUT2D eigenvalue weighted by molar-refractivity contribution is 6.18. The highest BCUT2D eigenvalue weighted by Gasteiger charge is 2.11. The number of aliphatic hydroxyl groups excluding tert-OH is 1. The first-order valence-electron chi connectivity index (χ1n) is 7.04. The van der Waals surface area contributed by atoms with Gasteiger partial charge >= 0.3 is 0 Å². The van der Waals surface area contributed by atoms with Crippen molar-refractivity contribution >= 4 is 23.5 Å². The van der Waals surface area contributed by atoms with Gasteiger partial charge in [0.05, 0.1) is 18.4 Å². The number of aliphatic imine (C=N–C) groups is 1. The molecule has 0 aliphatic carbocycles. The van der Waals surface area contributed by atoms with E-state index in [1.165, 1.54) is 13.1 Å². The fourth-order valence-corrected chi connectivity index (χ4v) is 1.84. The molecular weight excluding hydrogens is 292 g/mol. The van der Waals surface area contributed by atoms with Crippen molar-refractivity contribution in [2.24, 2.45) is 4.99 Å². The maximum absolute atomic E-state index is 12.2. The molecule has 0 aliphatic heterocycles. The lowest BCUT2D eigenvalue weighted by Gasteiger charge is -2.06. The highest BCUT2D eigenvalue weighted by atomic mass is 16.5. The largest absolute Gasteiger partial charge is 0.512 e. The molecule has 0 unspecified atom stereocenters. The van der Waals surface area contributed by atoms with Crippen molar-refractivity contribution in [3.63, 3.8) is 0 Å². The van der Waals surface area contributed by atoms with Gasteiger partial charge in [0.2, 0.25) is 0 Å². The van der Waals surface area contributed by atoms with Crippen LogP contribution < -0.4 is 10.1 Å². The maximum Gasteiger partial charge on any atom is 0.260 e. The fraction of sp³-hybridized carbons (Fsp3) is 0.111. The number of amides is 1. The molecule has 0 fully saturated rings. The van der Waals surface area contributed by atoms with E-state index >= 15 is 0 Å². The predicted molar refractivity (Wildman–Crippen MR) is 91.5 cm³/mol. The number of hydrogen-bond acceptors (Lipinski definition) is 4. The van der Waals surface area contributed by atoms with Crippen LogP contribution in [0, 0.1) is 0 Å². The second-order valence-corrected chi connectivity index (χ2v) is 4.78. The molecule has 0 radical (unpaired) electrons. The summed E-state index contributed by atoms with van der Waals surface area (Å²) < 4.78 is 5.07. The molecule has 0 heterocycles. The summed E-state index contributed by atoms with van der Waals surface area (Å²) in [4.78, 5) is 16.4. The Labute approximate surface area is 135 Å². The van der Waals surface area contributed by atoms with Crippen molar-refractivity contribution in [2.45, 2.75) is 6.92 Å². The molecule has 23 heavy (non-hydrogen) atoms. The zero-order valence-corrected chi connectivity index (χ0v) is 13.0. The lowest BCUT2D eigenvalue weighted by molar-refractivity contribution is -0.112. The molecule has 0 saturated carbocycles. The standard InChI is InChI=1S/C18H18N2O3/c1-13(21)17(18(22)20-15-6-4-3-5-7-15)12-19-14-8-10-16(23-2)11-9-14/h3-12,21H,1-2H3,(H,20,22). The SMILES string of the molecule is COc1ccc(N=CC(C(=O)Nc2ccccc2)=C(C)O)cc1. The van der Waals surface area contributed by atoms with E-state index < -0.39 is 5.91 Å². The number of rotatable bonds is 5. The Kier molecular flexibility index (Phi) is 5.52. The Morgan fingerprint density at radius 3 is 2.35 bits per heavy atom. The number of hydrogen-bond donors (Lipinski definition) is 2. The van der Waals surface area contributed by atoms with Gasteiger partial charge in [-0.1, -0.05) is 18.2 Å². The van der Waals surface area contributed by atoms with E-state index in [2.05, 4.69) is 10.3 Å². The van der Waals surface area contributed by atoms with Crippen LogP contribution >= 0.6 is 0 Å². The van der Waals surface area contributed by atoms with Crippen molar-refractivity contribution in [1.29, 1.82) is 0 Å². The van der Waals surface area contributed by atoms with Crippen LogP contribution in [-0.2, 0) is 4.79 Å². The molecule has 1 amide bonds. The molecule has 0 aliphatic rings. The van der Waals surface area contributed by atoms with Crippen molar-refractivity contribution in [3.05, 3.63) is 65.9 Å². The monoisotopic (exact) mass is 310 g/mol. The number of anilines is 1. The van der Waals surface area contributed by atoms with E-state index in [1.807, 2.05) is 18.2 Å². The topological polar surface area (TPSA) is 70.9 Å². The minimum Gasteiger partial charge on any atom is -0.512 e. The number of benzene rings is 2. The Morgan fingerprint density at radius 2 is 1.78 bits per heavy atom. The van der Waals surface area contributed by atoms with Crippen LogP contribution in [0.5, 0.6) is 5.75 Å². The summed E-state index contributed by atoms with van der Waals surface area (Å²) in [5.74, 6) is 0.198. The molecule has 5 nitrogen and oxygen atoms in total. The zero-order chi connectivity index (χ0) is 16.7. The zero-order valence-electron chi connectivity index (χ0n) is 13.0. The van der Waals surface area contributed by atoms with Gasteiger partial charge in [0.25, 0.3) is 5.91 Å². The Balaban J connectivity index is 2.13. The van der Waals surface area contributed by atoms with Crippen LogP contribution in [0.25, 0.3) is 0 Å². The summed E-state index contributed by atoms with van der Waals surface area (Å²) >= 11 is 0. The van der Waals surface area contributed by atoms with E-state index in [1.54, 1.807) is 43.5 Å². The molecule has 2 aromatic rings. The van der Waals surface area contributed by atoms with Crippen LogP contribution in [0.3, 0.4) is 0 Å². The van der Waals surface area contributed by atoms with E-state index in [-0.39, 0.29) is 11.3 Å². The average molecular weight is 310 g/mol. The first-order valence-corrected chi connectivity index (χ1v) is 7.04. The molecule has 118 valence electrons. The molecule has 2 aromatic carbocycles. The second kappa shape index (κ2) is 7.79. The van der Waals surface area contributed by atoms with Crippen LogP contribution in [0.2, 0.25) is 0 Å². The average Bonchev–Trinajstić information content (AvgIpc) is 2.56. The Bertz CT molecular complexity index is 716. The van der Waals surface area contributed by atoms with Crippen LogP contribution in [0.1, 0.15) is 6.92 Å². The summed E-state index contributed by atoms with van der Waals surface area (Å²) in [5.41, 5.74) is 1.40. The number of carbonyl (C=O) groups is 1. The number of carbonyl (C=O) groups excluding carboxylic acids is 1. The van der Waals surface area contributed by atoms with E-state index in [9.17, 15) is 9.90 Å². The van der Waals surface area contributed by atoms with E-state index in [0.29, 0.717) is 11.4 Å². The summed E-state index contributed by atoms with van der Waals surface area (Å²) in [6, 6.07) is 16.1. The first-order chi connectivity index (χ1) is 11.1. The molecule has 0 saturated heterocycles. The van der Waals surface area contributed by atoms with Crippen LogP contribution in [-0.4, -0.2) is 24.3 Å². The van der Waals surface area contributed by atoms with E-state index in [0.717, 1.165) is 5.75 Å². The number of allylic oxidation sites excluding steroid dienone is 1. The maximum atomic E-state index is 12.2. The number of para-hydroxylation sites is 1. The first kappa shape index (κ1) is 16.3. The minimum atomic E-state index is -0.423. The lowest BCUT2D eigenvalue weighted by atomic mass is 10.2. The van der Waals surface area contributed by atoms with Gasteiger partial charge in [0.1, 0.15) is 11.5 Å². The van der Waals surface area contributed by atoms with Gasteiger partial charge < -0.3 is 15.2 Å². The van der Waals surface area contributed by atoms with Crippen LogP contribution in [0.15, 0.2) is 70.9 Å². The molecular formula is C18H18N2O3. The third kappa shape index (κ3) is 4.71. The summed E-state index contributed by atoms with van der Waals surface area (Å²) in [6.07, 6.45) is 1.34. The van der Waals surface area contributed by atoms with Crippen molar-refractivity contribution < 1.29 is 14.6 Å². The molecule has 5 heteroatoms. The predicted octanol–water partition coefficient (Wildman–Crippen LogP) is 3.87. The number of ether oxygens (including phenoxy) is 1. The number of nitrogens with one attached hydrogen (secondary N) is 1. The van der Waals surface area contributed by atoms with Gasteiger partial charge in [-0.15, -0.1) is 0 Å². The fourth-order valence-electron chi connectivity index (χ4n) is 1.84. The van der Waals surface area contributed by atoms with Gasteiger partial charge in [-0.05, 0) is 43.3 Å². The van der Waals surface area contributed by atoms with Gasteiger partial charge in [0.15, 0.2) is 0 Å². The second-order valence-electron chi connectivity index (χ2n) is 4.78. The summed E-state index contributed by atoms with van der Waals surface area (Å²) in [6.45, 7) is 1.44. The summed E-state index contributed by atoms with van der Waals surface area (Å²) in [7, 11) is 1.59. The lowest BCUT2D eigenvalue weighted by Crippen LogP contribution is -2.16. The highest BCUT2D eigenvalue weighted by Crippen LogP contribution is 2.18. The minimum absolute atomic E-state index is 0.101. The third-order valence-electron chi connectivity index (χ3n) is 3.08. The van der Waals surface area contributed by atoms with Gasteiger partial charge in [-0.2, -0.15) is 0 Å². The summed E-state index contributed by atoms with van der Waals surface area (Å²) in [5, 5.41) is 12.4. The van der Waals surface area contributed by atoms with Crippen molar-refractivity contribution in [1.82, 2.24) is 0 Å². The van der Waals surface area contributed by atoms with Crippen molar-refractivity contribution in [2.75, 3.05) is 12.4 Å². The van der Waals surface area contributed by atoms with Gasteiger partial charge in [0, 0.05) is 11.9 Å². The Hall–Kier alpha value is -3.08.